The van der Waals surface area contributed by atoms with Gasteiger partial charge in [-0.05, 0) is 60.2 Å². The average molecular weight is 509 g/mol. The third-order valence-electron chi connectivity index (χ3n) is 6.01. The fourth-order valence-corrected chi connectivity index (χ4v) is 4.35. The standard InChI is InChI=1S/C27H28NO7P/c28-27(17-29,18-34-36(31,32)33)14-13-21-9-11-22-25(16-21)35-24-12-10-20(15-23(24)26(22)30)8-4-7-19-5-2-1-3-6-19/h1-6,8-12,15-16,29H,7,13-14,17-18,28H2,(H2,31,32,33). The van der Waals surface area contributed by atoms with Crippen LogP contribution in [0.2, 0.25) is 0 Å². The van der Waals surface area contributed by atoms with Crippen LogP contribution in [0.25, 0.3) is 28.0 Å². The lowest BCUT2D eigenvalue weighted by Gasteiger charge is -2.27. The monoisotopic (exact) mass is 509 g/mol. The summed E-state index contributed by atoms with van der Waals surface area (Å²) in [5.74, 6) is 0. The number of allylic oxidation sites excluding steroid dienone is 1. The van der Waals surface area contributed by atoms with Gasteiger partial charge in [-0.3, -0.25) is 9.32 Å². The first-order valence-corrected chi connectivity index (χ1v) is 13.0. The summed E-state index contributed by atoms with van der Waals surface area (Å²) in [6.07, 6.45) is 5.41. The molecule has 36 heavy (non-hydrogen) atoms. The highest BCUT2D eigenvalue weighted by Gasteiger charge is 2.28. The molecule has 0 amide bonds. The fourth-order valence-electron chi connectivity index (χ4n) is 3.92. The van der Waals surface area contributed by atoms with E-state index in [1.165, 1.54) is 5.56 Å². The van der Waals surface area contributed by atoms with Crippen molar-refractivity contribution in [2.45, 2.75) is 24.8 Å². The van der Waals surface area contributed by atoms with Crippen LogP contribution in [-0.2, 0) is 21.9 Å². The van der Waals surface area contributed by atoms with Crippen LogP contribution in [0.15, 0.2) is 82.0 Å². The number of fused-ring (bicyclic) bond motifs is 2. The van der Waals surface area contributed by atoms with Crippen molar-refractivity contribution < 1.29 is 28.4 Å². The molecular weight excluding hydrogens is 481 g/mol. The van der Waals surface area contributed by atoms with Gasteiger partial charge in [0.25, 0.3) is 0 Å². The minimum absolute atomic E-state index is 0.130. The predicted octanol–water partition coefficient (Wildman–Crippen LogP) is 3.93. The van der Waals surface area contributed by atoms with Gasteiger partial charge < -0.3 is 25.0 Å². The number of phosphoric acid groups is 1. The van der Waals surface area contributed by atoms with E-state index in [0.29, 0.717) is 28.4 Å². The lowest BCUT2D eigenvalue weighted by molar-refractivity contribution is 0.102. The van der Waals surface area contributed by atoms with Gasteiger partial charge in [-0.1, -0.05) is 54.6 Å². The lowest BCUT2D eigenvalue weighted by atomic mass is 9.93. The van der Waals surface area contributed by atoms with Gasteiger partial charge in [-0.25, -0.2) is 4.57 Å². The first kappa shape index (κ1) is 26.0. The Kier molecular flexibility index (Phi) is 7.85. The Morgan fingerprint density at radius 1 is 0.972 bits per heavy atom. The molecule has 0 saturated carbocycles. The first-order valence-electron chi connectivity index (χ1n) is 11.5. The second-order valence-corrected chi connectivity index (χ2v) is 10.1. The molecule has 0 fully saturated rings. The molecular formula is C27H28NO7P. The van der Waals surface area contributed by atoms with Crippen LogP contribution in [0, 0.1) is 0 Å². The molecule has 3 aromatic carbocycles. The van der Waals surface area contributed by atoms with E-state index in [0.717, 1.165) is 17.5 Å². The van der Waals surface area contributed by atoms with Crippen LogP contribution in [0.3, 0.4) is 0 Å². The van der Waals surface area contributed by atoms with E-state index in [1.54, 1.807) is 24.3 Å². The zero-order valence-electron chi connectivity index (χ0n) is 19.5. The lowest BCUT2D eigenvalue weighted by Crippen LogP contribution is -2.48. The van der Waals surface area contributed by atoms with Crippen molar-refractivity contribution in [2.75, 3.05) is 13.2 Å². The zero-order chi connectivity index (χ0) is 25.8. The van der Waals surface area contributed by atoms with Gasteiger partial charge in [-0.15, -0.1) is 0 Å². The highest BCUT2D eigenvalue weighted by molar-refractivity contribution is 7.46. The molecule has 5 N–H and O–H groups in total. The maximum Gasteiger partial charge on any atom is 0.469 e. The topological polar surface area (TPSA) is 143 Å². The third kappa shape index (κ3) is 6.56. The molecule has 0 bridgehead atoms. The second-order valence-electron chi connectivity index (χ2n) is 8.89. The average Bonchev–Trinajstić information content (AvgIpc) is 2.87. The zero-order valence-corrected chi connectivity index (χ0v) is 20.4. The Morgan fingerprint density at radius 3 is 2.47 bits per heavy atom. The van der Waals surface area contributed by atoms with Gasteiger partial charge in [0.15, 0.2) is 0 Å². The molecule has 0 saturated heterocycles. The molecule has 4 aromatic rings. The van der Waals surface area contributed by atoms with Gasteiger partial charge >= 0.3 is 7.82 Å². The summed E-state index contributed by atoms with van der Waals surface area (Å²) >= 11 is 0. The highest BCUT2D eigenvalue weighted by atomic mass is 31.2. The molecule has 1 atom stereocenters. The number of phosphoric ester groups is 1. The minimum Gasteiger partial charge on any atom is -0.456 e. The fraction of sp³-hybridized carbons (Fsp3) is 0.222. The van der Waals surface area contributed by atoms with Crippen molar-refractivity contribution in [3.05, 3.63) is 99.7 Å². The molecule has 9 heteroatoms. The number of aliphatic hydroxyl groups excluding tert-OH is 1. The van der Waals surface area contributed by atoms with E-state index in [9.17, 15) is 14.5 Å². The van der Waals surface area contributed by atoms with Crippen molar-refractivity contribution in [1.82, 2.24) is 0 Å². The normalized spacial score (nSPS) is 14.0. The van der Waals surface area contributed by atoms with Crippen molar-refractivity contribution in [1.29, 1.82) is 0 Å². The first-order chi connectivity index (χ1) is 17.2. The molecule has 1 unspecified atom stereocenters. The van der Waals surface area contributed by atoms with Crippen LogP contribution in [0.1, 0.15) is 23.1 Å². The molecule has 0 aliphatic rings. The van der Waals surface area contributed by atoms with Crippen molar-refractivity contribution in [3.8, 4) is 0 Å². The van der Waals surface area contributed by atoms with Crippen LogP contribution in [-0.4, -0.2) is 33.6 Å². The van der Waals surface area contributed by atoms with Gasteiger partial charge in [0.05, 0.1) is 29.5 Å². The molecule has 0 spiro atoms. The van der Waals surface area contributed by atoms with Crippen molar-refractivity contribution >= 4 is 35.8 Å². The molecule has 0 aliphatic heterocycles. The quantitative estimate of drug-likeness (QED) is 0.186. The summed E-state index contributed by atoms with van der Waals surface area (Å²) in [6.45, 7) is -1.01. The van der Waals surface area contributed by atoms with E-state index >= 15 is 0 Å². The molecule has 1 aromatic heterocycles. The molecule has 0 radical (unpaired) electrons. The van der Waals surface area contributed by atoms with E-state index in [-0.39, 0.29) is 11.8 Å². The molecule has 4 rings (SSSR count). The third-order valence-corrected chi connectivity index (χ3v) is 6.48. The Labute approximate surface area is 207 Å². The SMILES string of the molecule is NC(CO)(CCc1ccc2c(=O)c3cc(C=CCc4ccccc4)ccc3oc2c1)COP(=O)(O)O. The van der Waals surface area contributed by atoms with Gasteiger partial charge in [-0.2, -0.15) is 0 Å². The van der Waals surface area contributed by atoms with Crippen LogP contribution in [0.5, 0.6) is 0 Å². The maximum atomic E-state index is 13.2. The van der Waals surface area contributed by atoms with E-state index in [4.69, 9.17) is 19.9 Å². The molecule has 8 nitrogen and oxygen atoms in total. The number of hydrogen-bond donors (Lipinski definition) is 4. The van der Waals surface area contributed by atoms with E-state index in [2.05, 4.69) is 22.7 Å². The summed E-state index contributed by atoms with van der Waals surface area (Å²) < 4.78 is 21.5. The summed E-state index contributed by atoms with van der Waals surface area (Å²) in [5.41, 5.74) is 8.40. The number of aryl methyl sites for hydroxylation is 1. The van der Waals surface area contributed by atoms with Crippen LogP contribution in [0.4, 0.5) is 0 Å². The number of nitrogens with two attached hydrogens (primary N) is 1. The number of aliphatic hydroxyl groups is 1. The number of hydrogen-bond acceptors (Lipinski definition) is 6. The van der Waals surface area contributed by atoms with Crippen LogP contribution >= 0.6 is 7.82 Å². The second kappa shape index (κ2) is 10.9. The predicted molar refractivity (Wildman–Crippen MR) is 139 cm³/mol. The molecule has 1 heterocycles. The molecule has 0 aliphatic carbocycles. The summed E-state index contributed by atoms with van der Waals surface area (Å²) in [6, 6.07) is 20.8. The Balaban J connectivity index is 1.53. The number of benzene rings is 3. The van der Waals surface area contributed by atoms with Crippen molar-refractivity contribution in [3.63, 3.8) is 0 Å². The summed E-state index contributed by atoms with van der Waals surface area (Å²) in [4.78, 5) is 31.0. The van der Waals surface area contributed by atoms with Gasteiger partial charge in [0, 0.05) is 0 Å². The van der Waals surface area contributed by atoms with E-state index < -0.39 is 26.6 Å². The van der Waals surface area contributed by atoms with Gasteiger partial charge in [0.1, 0.15) is 11.2 Å². The largest absolute Gasteiger partial charge is 0.469 e. The van der Waals surface area contributed by atoms with Crippen molar-refractivity contribution in [2.24, 2.45) is 5.73 Å². The Morgan fingerprint density at radius 2 is 1.75 bits per heavy atom. The van der Waals surface area contributed by atoms with Gasteiger partial charge in [0.2, 0.25) is 5.43 Å². The smallest absolute Gasteiger partial charge is 0.456 e. The van der Waals surface area contributed by atoms with Crippen LogP contribution < -0.4 is 11.2 Å². The summed E-state index contributed by atoms with van der Waals surface area (Å²) in [7, 11) is -4.70. The van der Waals surface area contributed by atoms with E-state index in [1.807, 2.05) is 36.4 Å². The highest BCUT2D eigenvalue weighted by Crippen LogP contribution is 2.37. The maximum absolute atomic E-state index is 13.2. The molecule has 188 valence electrons. The number of rotatable bonds is 10. The minimum atomic E-state index is -4.70. The Bertz CT molecular complexity index is 1490. The summed E-state index contributed by atoms with van der Waals surface area (Å²) in [5, 5.41) is 10.5. The Hall–Kier alpha value is -3.10.